The minimum atomic E-state index is -0.314. The SMILES string of the molecule is CCc1ccc(CC(=O)N(Cc2ccccn2)c2nc3ccc(F)cc3s2)cc1. The summed E-state index contributed by atoms with van der Waals surface area (Å²) in [5.74, 6) is -0.384. The smallest absolute Gasteiger partial charge is 0.233 e. The summed E-state index contributed by atoms with van der Waals surface area (Å²) >= 11 is 1.31. The fourth-order valence-electron chi connectivity index (χ4n) is 3.08. The van der Waals surface area contributed by atoms with Crippen LogP contribution < -0.4 is 4.90 Å². The van der Waals surface area contributed by atoms with E-state index in [1.807, 2.05) is 42.5 Å². The first kappa shape index (κ1) is 19.2. The van der Waals surface area contributed by atoms with Crippen LogP contribution in [0.2, 0.25) is 0 Å². The quantitative estimate of drug-likeness (QED) is 0.445. The molecular weight excluding hydrogens is 385 g/mol. The molecule has 0 N–H and O–H groups in total. The summed E-state index contributed by atoms with van der Waals surface area (Å²) in [6.07, 6.45) is 2.93. The van der Waals surface area contributed by atoms with Crippen LogP contribution in [-0.2, 0) is 24.2 Å². The van der Waals surface area contributed by atoms with Gasteiger partial charge in [0.15, 0.2) is 5.13 Å². The normalized spacial score (nSPS) is 11.0. The number of hydrogen-bond acceptors (Lipinski definition) is 4. The number of anilines is 1. The molecule has 0 unspecified atom stereocenters. The van der Waals surface area contributed by atoms with Crippen molar-refractivity contribution in [2.24, 2.45) is 0 Å². The molecule has 4 aromatic rings. The Morgan fingerprint density at radius 2 is 1.86 bits per heavy atom. The lowest BCUT2D eigenvalue weighted by atomic mass is 10.1. The number of pyridine rings is 1. The van der Waals surface area contributed by atoms with Gasteiger partial charge in [-0.2, -0.15) is 0 Å². The van der Waals surface area contributed by atoms with Crippen molar-refractivity contribution in [3.63, 3.8) is 0 Å². The molecule has 0 spiro atoms. The molecule has 0 saturated carbocycles. The van der Waals surface area contributed by atoms with Crippen molar-refractivity contribution in [1.82, 2.24) is 9.97 Å². The lowest BCUT2D eigenvalue weighted by Gasteiger charge is -2.19. The zero-order valence-electron chi connectivity index (χ0n) is 16.0. The fraction of sp³-hybridized carbons (Fsp3) is 0.174. The molecule has 4 nitrogen and oxygen atoms in total. The number of aryl methyl sites for hydroxylation is 1. The molecule has 0 radical (unpaired) electrons. The van der Waals surface area contributed by atoms with E-state index in [1.54, 1.807) is 17.2 Å². The molecule has 0 aliphatic carbocycles. The maximum Gasteiger partial charge on any atom is 0.233 e. The standard InChI is InChI=1S/C23H20FN3OS/c1-2-16-6-8-17(9-7-16)13-22(28)27(15-19-5-3-4-12-25-19)23-26-20-11-10-18(24)14-21(20)29-23/h3-12,14H,2,13,15H2,1H3. The molecule has 2 aromatic heterocycles. The lowest BCUT2D eigenvalue weighted by molar-refractivity contribution is -0.118. The Balaban J connectivity index is 1.65. The van der Waals surface area contributed by atoms with Crippen molar-refractivity contribution >= 4 is 32.6 Å². The average molecular weight is 405 g/mol. The molecular formula is C23H20FN3OS. The van der Waals surface area contributed by atoms with Gasteiger partial charge in [-0.15, -0.1) is 0 Å². The summed E-state index contributed by atoms with van der Waals surface area (Å²) in [5.41, 5.74) is 3.63. The van der Waals surface area contributed by atoms with Crippen LogP contribution >= 0.6 is 11.3 Å². The first-order valence-electron chi connectivity index (χ1n) is 9.46. The molecule has 2 aromatic carbocycles. The number of thiazole rings is 1. The van der Waals surface area contributed by atoms with Gasteiger partial charge in [-0.1, -0.05) is 48.6 Å². The predicted octanol–water partition coefficient (Wildman–Crippen LogP) is 5.17. The largest absolute Gasteiger partial charge is 0.282 e. The first-order chi connectivity index (χ1) is 14.1. The van der Waals surface area contributed by atoms with E-state index in [0.29, 0.717) is 21.9 Å². The summed E-state index contributed by atoms with van der Waals surface area (Å²) in [5, 5.41) is 0.548. The number of rotatable bonds is 6. The highest BCUT2D eigenvalue weighted by Gasteiger charge is 2.21. The molecule has 29 heavy (non-hydrogen) atoms. The minimum absolute atomic E-state index is 0.0700. The summed E-state index contributed by atoms with van der Waals surface area (Å²) in [6.45, 7) is 2.42. The van der Waals surface area contributed by atoms with Crippen LogP contribution in [0.15, 0.2) is 66.9 Å². The van der Waals surface area contributed by atoms with Gasteiger partial charge in [-0.3, -0.25) is 14.7 Å². The molecule has 0 aliphatic heterocycles. The van der Waals surface area contributed by atoms with Crippen LogP contribution in [-0.4, -0.2) is 15.9 Å². The number of carbonyl (C=O) groups is 1. The molecule has 2 heterocycles. The number of aromatic nitrogens is 2. The Morgan fingerprint density at radius 3 is 2.59 bits per heavy atom. The van der Waals surface area contributed by atoms with Crippen LogP contribution in [0, 0.1) is 5.82 Å². The van der Waals surface area contributed by atoms with E-state index in [1.165, 1.54) is 29.0 Å². The van der Waals surface area contributed by atoms with E-state index < -0.39 is 0 Å². The summed E-state index contributed by atoms with van der Waals surface area (Å²) in [7, 11) is 0. The lowest BCUT2D eigenvalue weighted by Crippen LogP contribution is -2.32. The molecule has 0 saturated heterocycles. The topological polar surface area (TPSA) is 46.1 Å². The number of nitrogens with zero attached hydrogens (tertiary/aromatic N) is 3. The second-order valence-electron chi connectivity index (χ2n) is 6.76. The highest BCUT2D eigenvalue weighted by atomic mass is 32.1. The molecule has 0 bridgehead atoms. The van der Waals surface area contributed by atoms with Crippen molar-refractivity contribution in [3.05, 3.63) is 89.5 Å². The van der Waals surface area contributed by atoms with E-state index in [-0.39, 0.29) is 18.1 Å². The average Bonchev–Trinajstić information content (AvgIpc) is 3.16. The molecule has 0 atom stereocenters. The Hall–Kier alpha value is -3.12. The highest BCUT2D eigenvalue weighted by molar-refractivity contribution is 7.22. The van der Waals surface area contributed by atoms with Crippen molar-refractivity contribution < 1.29 is 9.18 Å². The van der Waals surface area contributed by atoms with Gasteiger partial charge in [0.1, 0.15) is 5.82 Å². The van der Waals surface area contributed by atoms with Crippen LogP contribution in [0.4, 0.5) is 9.52 Å². The Bertz CT molecular complexity index is 1130. The van der Waals surface area contributed by atoms with E-state index in [4.69, 9.17) is 0 Å². The van der Waals surface area contributed by atoms with Gasteiger partial charge in [0.05, 0.1) is 28.9 Å². The van der Waals surface area contributed by atoms with Crippen LogP contribution in [0.5, 0.6) is 0 Å². The maximum atomic E-state index is 13.6. The van der Waals surface area contributed by atoms with E-state index in [0.717, 1.165) is 17.7 Å². The van der Waals surface area contributed by atoms with Gasteiger partial charge in [-0.05, 0) is 47.9 Å². The third-order valence-corrected chi connectivity index (χ3v) is 5.75. The Morgan fingerprint density at radius 1 is 1.07 bits per heavy atom. The molecule has 1 amide bonds. The minimum Gasteiger partial charge on any atom is -0.282 e. The van der Waals surface area contributed by atoms with E-state index in [2.05, 4.69) is 16.9 Å². The van der Waals surface area contributed by atoms with Crippen LogP contribution in [0.1, 0.15) is 23.7 Å². The second kappa shape index (κ2) is 8.49. The third kappa shape index (κ3) is 4.49. The van der Waals surface area contributed by atoms with Crippen molar-refractivity contribution in [1.29, 1.82) is 0 Å². The molecule has 4 rings (SSSR count). The van der Waals surface area contributed by atoms with Gasteiger partial charge in [0.25, 0.3) is 0 Å². The number of amides is 1. The number of halogens is 1. The summed E-state index contributed by atoms with van der Waals surface area (Å²) in [4.78, 5) is 23.8. The summed E-state index contributed by atoms with van der Waals surface area (Å²) < 4.78 is 14.3. The van der Waals surface area contributed by atoms with Gasteiger partial charge in [0, 0.05) is 6.20 Å². The molecule has 0 aliphatic rings. The molecule has 0 fully saturated rings. The zero-order valence-corrected chi connectivity index (χ0v) is 16.8. The Labute approximate surface area is 172 Å². The molecule has 6 heteroatoms. The third-order valence-electron chi connectivity index (χ3n) is 4.70. The summed E-state index contributed by atoms with van der Waals surface area (Å²) in [6, 6.07) is 18.1. The van der Waals surface area contributed by atoms with Crippen molar-refractivity contribution in [3.8, 4) is 0 Å². The van der Waals surface area contributed by atoms with Crippen LogP contribution in [0.3, 0.4) is 0 Å². The van der Waals surface area contributed by atoms with Gasteiger partial charge in [-0.25, -0.2) is 9.37 Å². The number of benzene rings is 2. The molecule has 146 valence electrons. The van der Waals surface area contributed by atoms with Crippen LogP contribution in [0.25, 0.3) is 10.2 Å². The first-order valence-corrected chi connectivity index (χ1v) is 10.3. The zero-order chi connectivity index (χ0) is 20.2. The number of fused-ring (bicyclic) bond motifs is 1. The van der Waals surface area contributed by atoms with Crippen molar-refractivity contribution in [2.75, 3.05) is 4.90 Å². The van der Waals surface area contributed by atoms with E-state index in [9.17, 15) is 9.18 Å². The van der Waals surface area contributed by atoms with Gasteiger partial charge >= 0.3 is 0 Å². The second-order valence-corrected chi connectivity index (χ2v) is 7.77. The van der Waals surface area contributed by atoms with Crippen molar-refractivity contribution in [2.45, 2.75) is 26.3 Å². The maximum absolute atomic E-state index is 13.6. The highest BCUT2D eigenvalue weighted by Crippen LogP contribution is 2.30. The van der Waals surface area contributed by atoms with E-state index >= 15 is 0 Å². The van der Waals surface area contributed by atoms with Gasteiger partial charge in [0.2, 0.25) is 5.91 Å². The van der Waals surface area contributed by atoms with Gasteiger partial charge < -0.3 is 0 Å². The monoisotopic (exact) mass is 405 g/mol. The fourth-order valence-corrected chi connectivity index (χ4v) is 4.09. The number of hydrogen-bond donors (Lipinski definition) is 0. The Kier molecular flexibility index (Phi) is 5.62. The predicted molar refractivity (Wildman–Crippen MR) is 115 cm³/mol. The number of carbonyl (C=O) groups excluding carboxylic acids is 1.